The van der Waals surface area contributed by atoms with Crippen LogP contribution in [-0.2, 0) is 9.59 Å². The lowest BCUT2D eigenvalue weighted by Crippen LogP contribution is -2.48. The molecule has 1 unspecified atom stereocenters. The molecule has 32 heavy (non-hydrogen) atoms. The molecule has 0 radical (unpaired) electrons. The molecule has 1 aliphatic rings. The molecule has 8 nitrogen and oxygen atoms in total. The minimum Gasteiger partial charge on any atom is -0.493 e. The molecule has 1 atom stereocenters. The van der Waals surface area contributed by atoms with Crippen molar-refractivity contribution in [3.05, 3.63) is 41.5 Å². The predicted octanol–water partition coefficient (Wildman–Crippen LogP) is 1.79. The van der Waals surface area contributed by atoms with E-state index >= 15 is 0 Å². The highest BCUT2D eigenvalue weighted by Crippen LogP contribution is 2.30. The molecule has 0 aromatic heterocycles. The quantitative estimate of drug-likeness (QED) is 0.437. The third-order valence-electron chi connectivity index (χ3n) is 5.00. The minimum absolute atomic E-state index is 0.00791. The Morgan fingerprint density at radius 3 is 2.44 bits per heavy atom. The van der Waals surface area contributed by atoms with Crippen LogP contribution in [-0.4, -0.2) is 60.9 Å². The molecule has 2 rings (SSSR count). The summed E-state index contributed by atoms with van der Waals surface area (Å²) in [5, 5.41) is 18.8. The van der Waals surface area contributed by atoms with Gasteiger partial charge < -0.3 is 25.2 Å². The van der Waals surface area contributed by atoms with E-state index in [1.165, 1.54) is 7.11 Å². The summed E-state index contributed by atoms with van der Waals surface area (Å²) in [7, 11) is 1.53. The van der Waals surface area contributed by atoms with Crippen LogP contribution in [0.25, 0.3) is 6.08 Å². The number of ether oxygens (including phenoxy) is 2. The van der Waals surface area contributed by atoms with Gasteiger partial charge >= 0.3 is 0 Å². The van der Waals surface area contributed by atoms with Gasteiger partial charge in [0.05, 0.1) is 13.2 Å². The normalized spacial score (nSPS) is 17.5. The van der Waals surface area contributed by atoms with Gasteiger partial charge in [0.1, 0.15) is 0 Å². The maximum absolute atomic E-state index is 12.5. The van der Waals surface area contributed by atoms with E-state index in [-0.39, 0.29) is 37.0 Å². The minimum atomic E-state index is -0.927. The summed E-state index contributed by atoms with van der Waals surface area (Å²) in [5.41, 5.74) is 0.846. The number of carbonyl (C=O) groups excluding carboxylic acids is 2. The van der Waals surface area contributed by atoms with Gasteiger partial charge in [-0.3, -0.25) is 14.9 Å². The van der Waals surface area contributed by atoms with Crippen molar-refractivity contribution in [1.29, 1.82) is 0 Å². The molecule has 176 valence electrons. The van der Waals surface area contributed by atoms with Crippen LogP contribution >= 0.6 is 0 Å². The van der Waals surface area contributed by atoms with E-state index in [2.05, 4.69) is 16.0 Å². The summed E-state index contributed by atoms with van der Waals surface area (Å²) < 4.78 is 10.8. The largest absolute Gasteiger partial charge is 0.493 e. The number of hydrogen-bond acceptors (Lipinski definition) is 6. The van der Waals surface area contributed by atoms with Crippen molar-refractivity contribution in [2.75, 3.05) is 26.8 Å². The molecule has 0 aliphatic carbocycles. The zero-order valence-electron chi connectivity index (χ0n) is 19.7. The molecule has 4 N–H and O–H groups in total. The first kappa shape index (κ1) is 25.4. The van der Waals surface area contributed by atoms with Crippen molar-refractivity contribution >= 4 is 17.9 Å². The number of nitrogens with one attached hydrogen (secondary N) is 3. The second-order valence-corrected chi connectivity index (χ2v) is 8.90. The van der Waals surface area contributed by atoms with E-state index in [1.807, 2.05) is 65.0 Å². The molecular weight excluding hydrogens is 410 g/mol. The first-order chi connectivity index (χ1) is 15.0. The molecule has 0 saturated carbocycles. The van der Waals surface area contributed by atoms with E-state index in [0.29, 0.717) is 17.1 Å². The molecule has 2 amide bonds. The molecule has 0 bridgehead atoms. The van der Waals surface area contributed by atoms with E-state index in [4.69, 9.17) is 9.47 Å². The Morgan fingerprint density at radius 2 is 1.84 bits per heavy atom. The molecule has 0 saturated heterocycles. The molecule has 8 heteroatoms. The summed E-state index contributed by atoms with van der Waals surface area (Å²) in [4.78, 5) is 24.6. The van der Waals surface area contributed by atoms with Crippen LogP contribution in [0.3, 0.4) is 0 Å². The molecule has 1 aromatic carbocycles. The highest BCUT2D eigenvalue weighted by molar-refractivity contribution is 5.96. The van der Waals surface area contributed by atoms with Crippen LogP contribution in [0.1, 0.15) is 40.2 Å². The van der Waals surface area contributed by atoms with Gasteiger partial charge in [-0.05, 0) is 52.3 Å². The maximum atomic E-state index is 12.5. The Balaban J connectivity index is 1.77. The Kier molecular flexibility index (Phi) is 8.46. The average Bonchev–Trinajstić information content (AvgIpc) is 2.96. The van der Waals surface area contributed by atoms with E-state index < -0.39 is 11.6 Å². The molecule has 1 aliphatic heterocycles. The van der Waals surface area contributed by atoms with Crippen molar-refractivity contribution in [3.63, 3.8) is 0 Å². The summed E-state index contributed by atoms with van der Waals surface area (Å²) in [6.45, 7) is 9.58. The fourth-order valence-corrected chi connectivity index (χ4v) is 3.70. The van der Waals surface area contributed by atoms with E-state index in [0.717, 1.165) is 5.56 Å². The Bertz CT molecular complexity index is 890. The Labute approximate surface area is 190 Å². The first-order valence-electron chi connectivity index (χ1n) is 10.7. The lowest BCUT2D eigenvalue weighted by Gasteiger charge is -2.27. The summed E-state index contributed by atoms with van der Waals surface area (Å²) >= 11 is 0. The number of methoxy groups -OCH3 is 1. The molecule has 0 spiro atoms. The van der Waals surface area contributed by atoms with Crippen molar-refractivity contribution < 1.29 is 24.2 Å². The van der Waals surface area contributed by atoms with E-state index in [1.54, 1.807) is 6.07 Å². The lowest BCUT2D eigenvalue weighted by molar-refractivity contribution is -0.123. The summed E-state index contributed by atoms with van der Waals surface area (Å²) in [6, 6.07) is 5.42. The standard InChI is InChI=1S/C24H35N3O5/c1-7-8-16-9-10-19(20(11-16)31-6)32-15-21(29)25-13-17(28)14-26-22(30)18-12-23(2,3)27-24(18,4)5/h7-12,17,27-28H,13-15H2,1-6H3,(H,25,29)(H,26,30)/b8-7+. The number of amides is 2. The van der Waals surface area contributed by atoms with Crippen LogP contribution in [0, 0.1) is 0 Å². The van der Waals surface area contributed by atoms with Crippen LogP contribution in [0.5, 0.6) is 11.5 Å². The van der Waals surface area contributed by atoms with Gasteiger partial charge in [0.15, 0.2) is 18.1 Å². The topological polar surface area (TPSA) is 109 Å². The fraction of sp³-hybridized carbons (Fsp3) is 0.500. The van der Waals surface area contributed by atoms with Crippen LogP contribution in [0.15, 0.2) is 35.9 Å². The zero-order chi connectivity index (χ0) is 23.9. The first-order valence-corrected chi connectivity index (χ1v) is 10.7. The van der Waals surface area contributed by atoms with Crippen molar-refractivity contribution in [1.82, 2.24) is 16.0 Å². The number of aliphatic hydroxyl groups is 1. The number of rotatable bonds is 10. The zero-order valence-corrected chi connectivity index (χ0v) is 19.7. The molecule has 0 fully saturated rings. The highest BCUT2D eigenvalue weighted by atomic mass is 16.5. The third kappa shape index (κ3) is 7.10. The second kappa shape index (κ2) is 10.7. The average molecular weight is 446 g/mol. The lowest BCUT2D eigenvalue weighted by atomic mass is 9.96. The fourth-order valence-electron chi connectivity index (χ4n) is 3.70. The van der Waals surface area contributed by atoms with Crippen molar-refractivity contribution in [3.8, 4) is 11.5 Å². The SMILES string of the molecule is C/C=C/c1ccc(OCC(=O)NCC(O)CNC(=O)C2=CC(C)(C)NC2(C)C)c(OC)c1. The third-order valence-corrected chi connectivity index (χ3v) is 5.00. The summed E-state index contributed by atoms with van der Waals surface area (Å²) in [5.74, 6) is 0.349. The van der Waals surface area contributed by atoms with Gasteiger partial charge in [-0.1, -0.05) is 24.3 Å². The Morgan fingerprint density at radius 1 is 1.16 bits per heavy atom. The monoisotopic (exact) mass is 445 g/mol. The summed E-state index contributed by atoms with van der Waals surface area (Å²) in [6.07, 6.45) is 4.82. The maximum Gasteiger partial charge on any atom is 0.258 e. The smallest absolute Gasteiger partial charge is 0.258 e. The van der Waals surface area contributed by atoms with Gasteiger partial charge in [-0.15, -0.1) is 0 Å². The van der Waals surface area contributed by atoms with E-state index in [9.17, 15) is 14.7 Å². The van der Waals surface area contributed by atoms with Crippen LogP contribution in [0.4, 0.5) is 0 Å². The number of benzene rings is 1. The molecule has 1 aromatic rings. The predicted molar refractivity (Wildman–Crippen MR) is 125 cm³/mol. The molecular formula is C24H35N3O5. The van der Waals surface area contributed by atoms with Gasteiger partial charge in [0, 0.05) is 29.7 Å². The van der Waals surface area contributed by atoms with Gasteiger partial charge in [-0.2, -0.15) is 0 Å². The van der Waals surface area contributed by atoms with Gasteiger partial charge in [0.25, 0.3) is 5.91 Å². The van der Waals surface area contributed by atoms with Crippen LogP contribution < -0.4 is 25.4 Å². The second-order valence-electron chi connectivity index (χ2n) is 8.90. The van der Waals surface area contributed by atoms with Gasteiger partial charge in [0.2, 0.25) is 5.91 Å². The number of hydrogen-bond donors (Lipinski definition) is 4. The van der Waals surface area contributed by atoms with Gasteiger partial charge in [-0.25, -0.2) is 0 Å². The van der Waals surface area contributed by atoms with Crippen molar-refractivity contribution in [2.24, 2.45) is 0 Å². The number of allylic oxidation sites excluding steroid dienone is 1. The highest BCUT2D eigenvalue weighted by Gasteiger charge is 2.40. The number of carbonyl (C=O) groups is 2. The Hall–Kier alpha value is -2.84. The van der Waals surface area contributed by atoms with Crippen LogP contribution in [0.2, 0.25) is 0 Å². The van der Waals surface area contributed by atoms with Crippen molar-refractivity contribution in [2.45, 2.75) is 51.8 Å². The number of aliphatic hydroxyl groups excluding tert-OH is 1. The molecule has 1 heterocycles.